The summed E-state index contributed by atoms with van der Waals surface area (Å²) in [5, 5.41) is 2.90. The molecule has 6 nitrogen and oxygen atoms in total. The molecule has 1 amide bonds. The number of anilines is 1. The summed E-state index contributed by atoms with van der Waals surface area (Å²) in [4.78, 5) is 14.6. The van der Waals surface area contributed by atoms with E-state index in [0.717, 1.165) is 22.4 Å². The minimum atomic E-state index is -3.51. The van der Waals surface area contributed by atoms with Crippen LogP contribution in [0.3, 0.4) is 0 Å². The summed E-state index contributed by atoms with van der Waals surface area (Å²) >= 11 is 0. The molecule has 28 heavy (non-hydrogen) atoms. The maximum Gasteiger partial charge on any atom is 0.243 e. The fourth-order valence-corrected chi connectivity index (χ4v) is 5.11. The molecule has 2 aromatic rings. The molecule has 1 fully saturated rings. The average Bonchev–Trinajstić information content (AvgIpc) is 2.61. The van der Waals surface area contributed by atoms with Gasteiger partial charge in [0.1, 0.15) is 0 Å². The quantitative estimate of drug-likeness (QED) is 0.836. The minimum absolute atomic E-state index is 0.0868. The highest BCUT2D eigenvalue weighted by Crippen LogP contribution is 2.22. The van der Waals surface area contributed by atoms with E-state index in [4.69, 9.17) is 0 Å². The van der Waals surface area contributed by atoms with Gasteiger partial charge in [0, 0.05) is 31.9 Å². The summed E-state index contributed by atoms with van der Waals surface area (Å²) in [6, 6.07) is 13.1. The van der Waals surface area contributed by atoms with Gasteiger partial charge in [-0.2, -0.15) is 4.31 Å². The van der Waals surface area contributed by atoms with Crippen LogP contribution in [0.1, 0.15) is 16.7 Å². The molecule has 1 N–H and O–H groups in total. The lowest BCUT2D eigenvalue weighted by Crippen LogP contribution is -2.50. The summed E-state index contributed by atoms with van der Waals surface area (Å²) in [6.45, 7) is 7.84. The van der Waals surface area contributed by atoms with E-state index in [9.17, 15) is 13.2 Å². The van der Waals surface area contributed by atoms with Crippen LogP contribution in [0.2, 0.25) is 0 Å². The molecule has 3 rings (SSSR count). The van der Waals surface area contributed by atoms with E-state index in [1.807, 2.05) is 62.1 Å². The summed E-state index contributed by atoms with van der Waals surface area (Å²) in [7, 11) is -3.51. The number of amides is 1. The van der Waals surface area contributed by atoms with Crippen LogP contribution in [0, 0.1) is 20.8 Å². The third-order valence-corrected chi connectivity index (χ3v) is 7.01. The number of sulfonamides is 1. The number of benzene rings is 2. The summed E-state index contributed by atoms with van der Waals surface area (Å²) in [5.74, 6) is -0.0868. The predicted octanol–water partition coefficient (Wildman–Crippen LogP) is 2.56. The van der Waals surface area contributed by atoms with Crippen molar-refractivity contribution in [2.45, 2.75) is 25.7 Å². The van der Waals surface area contributed by atoms with Crippen LogP contribution >= 0.6 is 0 Å². The number of hydrogen-bond acceptors (Lipinski definition) is 4. The number of carbonyl (C=O) groups excluding carboxylic acids is 1. The van der Waals surface area contributed by atoms with Crippen molar-refractivity contribution in [1.29, 1.82) is 0 Å². The van der Waals surface area contributed by atoms with E-state index in [-0.39, 0.29) is 12.5 Å². The van der Waals surface area contributed by atoms with Crippen molar-refractivity contribution in [2.24, 2.45) is 0 Å². The number of nitrogens with zero attached hydrogens (tertiary/aromatic N) is 2. The first-order chi connectivity index (χ1) is 13.3. The largest absolute Gasteiger partial charge is 0.325 e. The Morgan fingerprint density at radius 1 is 0.964 bits per heavy atom. The number of nitrogens with one attached hydrogen (secondary N) is 1. The summed E-state index contributed by atoms with van der Waals surface area (Å²) in [5.41, 5.74) is 3.67. The topological polar surface area (TPSA) is 69.7 Å². The van der Waals surface area contributed by atoms with Gasteiger partial charge in [-0.05, 0) is 50.1 Å². The lowest BCUT2D eigenvalue weighted by molar-refractivity contribution is -0.117. The van der Waals surface area contributed by atoms with Gasteiger partial charge in [-0.15, -0.1) is 0 Å². The SMILES string of the molecule is Cc1cccc(NC(=O)CN2CCN(S(=O)(=O)c3ccc(C)cc3C)CC2)c1. The zero-order valence-corrected chi connectivity index (χ0v) is 17.4. The molecule has 1 aliphatic heterocycles. The van der Waals surface area contributed by atoms with E-state index in [0.29, 0.717) is 31.1 Å². The molecular formula is C21H27N3O3S. The van der Waals surface area contributed by atoms with Gasteiger partial charge in [0.15, 0.2) is 0 Å². The van der Waals surface area contributed by atoms with Gasteiger partial charge in [-0.25, -0.2) is 8.42 Å². The highest BCUT2D eigenvalue weighted by atomic mass is 32.2. The third-order valence-electron chi connectivity index (χ3n) is 4.95. The highest BCUT2D eigenvalue weighted by molar-refractivity contribution is 7.89. The van der Waals surface area contributed by atoms with Crippen LogP contribution in [0.4, 0.5) is 5.69 Å². The van der Waals surface area contributed by atoms with Gasteiger partial charge < -0.3 is 5.32 Å². The second kappa shape index (κ2) is 8.43. The molecule has 150 valence electrons. The van der Waals surface area contributed by atoms with Crippen molar-refractivity contribution in [3.8, 4) is 0 Å². The molecule has 0 unspecified atom stereocenters. The molecule has 0 bridgehead atoms. The second-order valence-corrected chi connectivity index (χ2v) is 9.27. The van der Waals surface area contributed by atoms with Crippen LogP contribution in [0.15, 0.2) is 47.4 Å². The van der Waals surface area contributed by atoms with Gasteiger partial charge >= 0.3 is 0 Å². The Bertz CT molecular complexity index is 965. The predicted molar refractivity (Wildman–Crippen MR) is 111 cm³/mol. The van der Waals surface area contributed by atoms with E-state index in [2.05, 4.69) is 5.32 Å². The maximum absolute atomic E-state index is 12.9. The molecule has 0 aromatic heterocycles. The fraction of sp³-hybridized carbons (Fsp3) is 0.381. The van der Waals surface area contributed by atoms with Gasteiger partial charge in [0.25, 0.3) is 0 Å². The number of piperazine rings is 1. The normalized spacial score (nSPS) is 16.1. The average molecular weight is 402 g/mol. The van der Waals surface area contributed by atoms with Crippen molar-refractivity contribution in [1.82, 2.24) is 9.21 Å². The van der Waals surface area contributed by atoms with E-state index in [1.165, 1.54) is 4.31 Å². The maximum atomic E-state index is 12.9. The Morgan fingerprint density at radius 3 is 2.29 bits per heavy atom. The Labute approximate surface area is 167 Å². The van der Waals surface area contributed by atoms with Crippen LogP contribution in [0.25, 0.3) is 0 Å². The first kappa shape index (κ1) is 20.5. The lowest BCUT2D eigenvalue weighted by Gasteiger charge is -2.33. The Hall–Kier alpha value is -2.22. The first-order valence-electron chi connectivity index (χ1n) is 9.42. The van der Waals surface area contributed by atoms with Gasteiger partial charge in [-0.1, -0.05) is 29.8 Å². The highest BCUT2D eigenvalue weighted by Gasteiger charge is 2.30. The second-order valence-electron chi connectivity index (χ2n) is 7.37. The van der Waals surface area contributed by atoms with E-state index < -0.39 is 10.0 Å². The molecule has 0 atom stereocenters. The van der Waals surface area contributed by atoms with Crippen LogP contribution in [-0.4, -0.2) is 56.3 Å². The number of aryl methyl sites for hydroxylation is 3. The molecule has 1 aliphatic rings. The fourth-order valence-electron chi connectivity index (χ4n) is 3.48. The molecule has 1 saturated heterocycles. The molecule has 0 aliphatic carbocycles. The monoisotopic (exact) mass is 401 g/mol. The van der Waals surface area contributed by atoms with Crippen LogP contribution in [-0.2, 0) is 14.8 Å². The molecule has 0 spiro atoms. The molecular weight excluding hydrogens is 374 g/mol. The Morgan fingerprint density at radius 2 is 1.64 bits per heavy atom. The molecule has 7 heteroatoms. The van der Waals surface area contributed by atoms with Crippen LogP contribution in [0.5, 0.6) is 0 Å². The number of rotatable bonds is 5. The van der Waals surface area contributed by atoms with Crippen molar-refractivity contribution in [2.75, 3.05) is 38.0 Å². The smallest absolute Gasteiger partial charge is 0.243 e. The van der Waals surface area contributed by atoms with Gasteiger partial charge in [0.05, 0.1) is 11.4 Å². The molecule has 1 heterocycles. The van der Waals surface area contributed by atoms with Crippen molar-refractivity contribution < 1.29 is 13.2 Å². The van der Waals surface area contributed by atoms with Crippen molar-refractivity contribution >= 4 is 21.6 Å². The van der Waals surface area contributed by atoms with E-state index in [1.54, 1.807) is 6.07 Å². The van der Waals surface area contributed by atoms with Crippen molar-refractivity contribution in [3.63, 3.8) is 0 Å². The summed E-state index contributed by atoms with van der Waals surface area (Å²) in [6.07, 6.45) is 0. The first-order valence-corrected chi connectivity index (χ1v) is 10.9. The van der Waals surface area contributed by atoms with Gasteiger partial charge in [-0.3, -0.25) is 9.69 Å². The Kier molecular flexibility index (Phi) is 6.17. The zero-order valence-electron chi connectivity index (χ0n) is 16.6. The number of carbonyl (C=O) groups is 1. The van der Waals surface area contributed by atoms with Crippen molar-refractivity contribution in [3.05, 3.63) is 59.2 Å². The van der Waals surface area contributed by atoms with Crippen LogP contribution < -0.4 is 5.32 Å². The Balaban J connectivity index is 1.57. The summed E-state index contributed by atoms with van der Waals surface area (Å²) < 4.78 is 27.4. The van der Waals surface area contributed by atoms with E-state index >= 15 is 0 Å². The zero-order chi connectivity index (χ0) is 20.3. The standard InChI is InChI=1S/C21H27N3O3S/c1-16-5-4-6-19(14-16)22-21(25)15-23-9-11-24(12-10-23)28(26,27)20-8-7-17(2)13-18(20)3/h4-8,13-14H,9-12,15H2,1-3H3,(H,22,25). The minimum Gasteiger partial charge on any atom is -0.325 e. The lowest BCUT2D eigenvalue weighted by atomic mass is 10.2. The third kappa shape index (κ3) is 4.79. The molecule has 0 saturated carbocycles. The number of hydrogen-bond donors (Lipinski definition) is 1. The molecule has 2 aromatic carbocycles. The van der Waals surface area contributed by atoms with Gasteiger partial charge in [0.2, 0.25) is 15.9 Å². The molecule has 0 radical (unpaired) electrons.